The molecule has 2 aliphatic rings. The fourth-order valence-electron chi connectivity index (χ4n) is 4.47. The largest absolute Gasteiger partial charge is 0.508 e. The van der Waals surface area contributed by atoms with E-state index in [0.29, 0.717) is 13.0 Å². The number of carbonyl (C=O) groups excluding carboxylic acids is 1. The number of nitrogens with one attached hydrogen (secondary N) is 1. The molecular weight excluding hydrogens is 374 g/mol. The molecule has 0 saturated heterocycles. The lowest BCUT2D eigenvalue weighted by Crippen LogP contribution is -2.38. The number of phenolic OH excluding ortho intramolecular Hbond substituents is 1. The van der Waals surface area contributed by atoms with E-state index in [1.54, 1.807) is 18.5 Å². The second-order valence-corrected chi connectivity index (χ2v) is 7.42. The van der Waals surface area contributed by atoms with Gasteiger partial charge in [0.05, 0.1) is 12.0 Å². The number of aromatic nitrogens is 2. The smallest absolute Gasteiger partial charge is 0.230 e. The van der Waals surface area contributed by atoms with Gasteiger partial charge in [-0.05, 0) is 42.2 Å². The minimum Gasteiger partial charge on any atom is -0.508 e. The summed E-state index contributed by atoms with van der Waals surface area (Å²) in [7, 11) is 0. The molecule has 5 nitrogen and oxygen atoms in total. The van der Waals surface area contributed by atoms with Crippen LogP contribution in [0, 0.1) is 5.92 Å². The fourth-order valence-corrected chi connectivity index (χ4v) is 4.47. The minimum absolute atomic E-state index is 0. The van der Waals surface area contributed by atoms with E-state index in [-0.39, 0.29) is 35.9 Å². The average molecular weight is 396 g/mol. The molecule has 1 aliphatic heterocycles. The summed E-state index contributed by atoms with van der Waals surface area (Å²) in [6, 6.07) is 15.5. The third-order valence-electron chi connectivity index (χ3n) is 5.85. The number of fused-ring (bicyclic) bond motifs is 2. The maximum Gasteiger partial charge on any atom is 0.230 e. The number of halogens is 1. The van der Waals surface area contributed by atoms with Crippen LogP contribution < -0.4 is 4.90 Å². The molecule has 6 heteroatoms. The molecule has 2 aromatic carbocycles. The Bertz CT molecular complexity index is 1020. The molecule has 5 rings (SSSR count). The Morgan fingerprint density at radius 1 is 1.18 bits per heavy atom. The Morgan fingerprint density at radius 3 is 2.89 bits per heavy atom. The van der Waals surface area contributed by atoms with Crippen LogP contribution in [0.5, 0.6) is 5.75 Å². The zero-order chi connectivity index (χ0) is 18.4. The van der Waals surface area contributed by atoms with Crippen molar-refractivity contribution >= 4 is 24.0 Å². The number of H-pyrrole nitrogens is 1. The Balaban J connectivity index is 0.00000192. The molecule has 1 aliphatic carbocycles. The third kappa shape index (κ3) is 3.06. The molecule has 0 spiro atoms. The number of phenols is 1. The summed E-state index contributed by atoms with van der Waals surface area (Å²) >= 11 is 0. The SMILES string of the molecule is Cl.O=C(C1CCc2[nH]cnc2C1)N1CC(c2cccc(O)c2)c2ccccc21. The molecule has 1 amide bonds. The van der Waals surface area contributed by atoms with Gasteiger partial charge in [-0.15, -0.1) is 12.4 Å². The number of hydrogen-bond donors (Lipinski definition) is 2. The maximum atomic E-state index is 13.4. The van der Waals surface area contributed by atoms with E-state index in [0.717, 1.165) is 35.3 Å². The molecule has 28 heavy (non-hydrogen) atoms. The first-order valence-corrected chi connectivity index (χ1v) is 9.41. The van der Waals surface area contributed by atoms with Gasteiger partial charge in [0.25, 0.3) is 0 Å². The number of rotatable bonds is 2. The van der Waals surface area contributed by atoms with E-state index in [1.807, 2.05) is 35.2 Å². The molecular formula is C22H22ClN3O2. The summed E-state index contributed by atoms with van der Waals surface area (Å²) in [6.07, 6.45) is 4.15. The van der Waals surface area contributed by atoms with Gasteiger partial charge < -0.3 is 15.0 Å². The number of anilines is 1. The quantitative estimate of drug-likeness (QED) is 0.693. The van der Waals surface area contributed by atoms with Crippen LogP contribution in [0.25, 0.3) is 0 Å². The summed E-state index contributed by atoms with van der Waals surface area (Å²) in [6.45, 7) is 0.617. The molecule has 1 aromatic heterocycles. The zero-order valence-corrected chi connectivity index (χ0v) is 16.2. The van der Waals surface area contributed by atoms with E-state index >= 15 is 0 Å². The van der Waals surface area contributed by atoms with Gasteiger partial charge in [-0.2, -0.15) is 0 Å². The lowest BCUT2D eigenvalue weighted by molar-refractivity contribution is -0.122. The highest BCUT2D eigenvalue weighted by atomic mass is 35.5. The maximum absolute atomic E-state index is 13.4. The van der Waals surface area contributed by atoms with E-state index in [1.165, 1.54) is 5.69 Å². The van der Waals surface area contributed by atoms with Crippen molar-refractivity contribution in [2.45, 2.75) is 25.2 Å². The summed E-state index contributed by atoms with van der Waals surface area (Å²) in [5, 5.41) is 9.88. The number of para-hydroxylation sites is 1. The first-order valence-electron chi connectivity index (χ1n) is 9.41. The standard InChI is InChI=1S/C22H21N3O2.ClH/c26-16-5-3-4-14(10-16)18-12-25(21-7-2-1-6-17(18)21)22(27)15-8-9-19-20(11-15)24-13-23-19;/h1-7,10,13,15,18,26H,8-9,11-12H2,(H,23,24);1H. The Morgan fingerprint density at radius 2 is 2.04 bits per heavy atom. The van der Waals surface area contributed by atoms with E-state index in [9.17, 15) is 9.90 Å². The van der Waals surface area contributed by atoms with Gasteiger partial charge in [-0.3, -0.25) is 4.79 Å². The van der Waals surface area contributed by atoms with Crippen molar-refractivity contribution in [3.8, 4) is 5.75 Å². The van der Waals surface area contributed by atoms with E-state index in [4.69, 9.17) is 0 Å². The summed E-state index contributed by atoms with van der Waals surface area (Å²) in [4.78, 5) is 22.9. The zero-order valence-electron chi connectivity index (χ0n) is 15.3. The first kappa shape index (κ1) is 18.6. The van der Waals surface area contributed by atoms with Crippen LogP contribution in [0.15, 0.2) is 54.9 Å². The Kier molecular flexibility index (Phi) is 4.85. The topological polar surface area (TPSA) is 69.2 Å². The predicted molar refractivity (Wildman–Crippen MR) is 110 cm³/mol. The lowest BCUT2D eigenvalue weighted by atomic mass is 9.88. The minimum atomic E-state index is -0.0308. The fraction of sp³-hybridized carbons (Fsp3) is 0.273. The third-order valence-corrected chi connectivity index (χ3v) is 5.85. The van der Waals surface area contributed by atoms with Crippen molar-refractivity contribution in [3.05, 3.63) is 77.4 Å². The number of aromatic amines is 1. The van der Waals surface area contributed by atoms with Gasteiger partial charge in [0.15, 0.2) is 0 Å². The van der Waals surface area contributed by atoms with Crippen molar-refractivity contribution in [1.82, 2.24) is 9.97 Å². The molecule has 0 saturated carbocycles. The highest BCUT2D eigenvalue weighted by molar-refractivity contribution is 5.98. The Hall–Kier alpha value is -2.79. The monoisotopic (exact) mass is 395 g/mol. The number of benzene rings is 2. The number of imidazole rings is 1. The number of nitrogens with zero attached hydrogens (tertiary/aromatic N) is 2. The number of aromatic hydroxyl groups is 1. The molecule has 3 aromatic rings. The van der Waals surface area contributed by atoms with Crippen LogP contribution >= 0.6 is 12.4 Å². The molecule has 2 unspecified atom stereocenters. The predicted octanol–water partition coefficient (Wildman–Crippen LogP) is 3.82. The summed E-state index contributed by atoms with van der Waals surface area (Å²) in [5.41, 5.74) is 5.36. The molecule has 2 heterocycles. The van der Waals surface area contributed by atoms with Crippen molar-refractivity contribution in [2.24, 2.45) is 5.92 Å². The number of aryl methyl sites for hydroxylation is 1. The number of hydrogen-bond acceptors (Lipinski definition) is 3. The molecule has 144 valence electrons. The molecule has 0 radical (unpaired) electrons. The average Bonchev–Trinajstić information content (AvgIpc) is 3.31. The second-order valence-electron chi connectivity index (χ2n) is 7.42. The summed E-state index contributed by atoms with van der Waals surface area (Å²) < 4.78 is 0. The van der Waals surface area contributed by atoms with Gasteiger partial charge in [0.2, 0.25) is 5.91 Å². The van der Waals surface area contributed by atoms with Crippen LogP contribution in [0.4, 0.5) is 5.69 Å². The van der Waals surface area contributed by atoms with Crippen LogP contribution in [0.1, 0.15) is 34.9 Å². The first-order chi connectivity index (χ1) is 13.2. The van der Waals surface area contributed by atoms with Crippen LogP contribution in [0.2, 0.25) is 0 Å². The van der Waals surface area contributed by atoms with Gasteiger partial charge in [-0.25, -0.2) is 4.98 Å². The van der Waals surface area contributed by atoms with Gasteiger partial charge >= 0.3 is 0 Å². The second kappa shape index (κ2) is 7.32. The molecule has 0 fully saturated rings. The highest BCUT2D eigenvalue weighted by Crippen LogP contribution is 2.42. The molecule has 0 bridgehead atoms. The molecule has 2 atom stereocenters. The normalized spacial score (nSPS) is 20.2. The lowest BCUT2D eigenvalue weighted by Gasteiger charge is -2.26. The number of amides is 1. The summed E-state index contributed by atoms with van der Waals surface area (Å²) in [5.74, 6) is 0.491. The van der Waals surface area contributed by atoms with Crippen molar-refractivity contribution in [2.75, 3.05) is 11.4 Å². The van der Waals surface area contributed by atoms with Crippen molar-refractivity contribution in [3.63, 3.8) is 0 Å². The van der Waals surface area contributed by atoms with E-state index < -0.39 is 0 Å². The number of carbonyl (C=O) groups is 1. The van der Waals surface area contributed by atoms with Crippen LogP contribution in [-0.4, -0.2) is 27.5 Å². The van der Waals surface area contributed by atoms with E-state index in [2.05, 4.69) is 16.0 Å². The molecule has 2 N–H and O–H groups in total. The van der Waals surface area contributed by atoms with Crippen molar-refractivity contribution < 1.29 is 9.90 Å². The van der Waals surface area contributed by atoms with Gasteiger partial charge in [0.1, 0.15) is 5.75 Å². The van der Waals surface area contributed by atoms with Crippen molar-refractivity contribution in [1.29, 1.82) is 0 Å². The van der Waals surface area contributed by atoms with Crippen LogP contribution in [-0.2, 0) is 17.6 Å². The van der Waals surface area contributed by atoms with Crippen LogP contribution in [0.3, 0.4) is 0 Å². The van der Waals surface area contributed by atoms with Gasteiger partial charge in [-0.1, -0.05) is 30.3 Å². The highest BCUT2D eigenvalue weighted by Gasteiger charge is 2.37. The Labute approximate surface area is 169 Å². The van der Waals surface area contributed by atoms with Gasteiger partial charge in [0, 0.05) is 36.2 Å².